The average Bonchev–Trinajstić information content (AvgIpc) is 2.55. The Labute approximate surface area is 125 Å². The van der Waals surface area contributed by atoms with E-state index in [0.29, 0.717) is 12.8 Å². The molecule has 3 heteroatoms. The highest BCUT2D eigenvalue weighted by molar-refractivity contribution is 6.13. The zero-order chi connectivity index (χ0) is 14.9. The van der Waals surface area contributed by atoms with Crippen LogP contribution in [0.3, 0.4) is 0 Å². The highest BCUT2D eigenvalue weighted by atomic mass is 16.2. The van der Waals surface area contributed by atoms with Gasteiger partial charge in [-0.2, -0.15) is 5.10 Å². The van der Waals surface area contributed by atoms with Crippen LogP contribution in [0.15, 0.2) is 78.4 Å². The number of carbonyl (C=O) groups is 1. The molecular formula is C18H18N2O. The fourth-order valence-corrected chi connectivity index (χ4v) is 1.90. The van der Waals surface area contributed by atoms with Gasteiger partial charge in [0.25, 0.3) is 0 Å². The maximum Gasteiger partial charge on any atom is 0.240 e. The number of benzene rings is 2. The van der Waals surface area contributed by atoms with Crippen LogP contribution in [0.1, 0.15) is 24.0 Å². The number of hydrazone groups is 1. The summed E-state index contributed by atoms with van der Waals surface area (Å²) < 4.78 is 0. The van der Waals surface area contributed by atoms with Crippen LogP contribution in [0, 0.1) is 0 Å². The third kappa shape index (κ3) is 4.42. The number of allylic oxidation sites excluding steroid dienone is 1. The summed E-state index contributed by atoms with van der Waals surface area (Å²) in [5.41, 5.74) is 5.30. The Morgan fingerprint density at radius 2 is 1.52 bits per heavy atom. The van der Waals surface area contributed by atoms with Crippen LogP contribution in [-0.4, -0.2) is 11.6 Å². The number of rotatable bonds is 6. The Balaban J connectivity index is 2.25. The van der Waals surface area contributed by atoms with Gasteiger partial charge in [0.1, 0.15) is 0 Å². The summed E-state index contributed by atoms with van der Waals surface area (Å²) in [5, 5.41) is 4.30. The molecule has 0 radical (unpaired) electrons. The second-order valence-electron chi connectivity index (χ2n) is 4.55. The Bertz CT molecular complexity index is 577. The lowest BCUT2D eigenvalue weighted by molar-refractivity contribution is -0.120. The van der Waals surface area contributed by atoms with E-state index in [9.17, 15) is 4.79 Å². The first-order chi connectivity index (χ1) is 10.3. The van der Waals surface area contributed by atoms with Crippen molar-refractivity contribution >= 4 is 11.6 Å². The minimum Gasteiger partial charge on any atom is -0.273 e. The third-order valence-electron chi connectivity index (χ3n) is 2.96. The minimum absolute atomic E-state index is 0.112. The maximum absolute atomic E-state index is 11.7. The number of hydrogen-bond acceptors (Lipinski definition) is 2. The van der Waals surface area contributed by atoms with Crippen molar-refractivity contribution in [1.29, 1.82) is 0 Å². The van der Waals surface area contributed by atoms with E-state index in [0.717, 1.165) is 16.8 Å². The average molecular weight is 278 g/mol. The van der Waals surface area contributed by atoms with Gasteiger partial charge in [-0.1, -0.05) is 66.7 Å². The molecule has 0 heterocycles. The molecule has 21 heavy (non-hydrogen) atoms. The van der Waals surface area contributed by atoms with Crippen LogP contribution in [0.25, 0.3) is 0 Å². The predicted molar refractivity (Wildman–Crippen MR) is 86.1 cm³/mol. The van der Waals surface area contributed by atoms with E-state index >= 15 is 0 Å². The van der Waals surface area contributed by atoms with Crippen LogP contribution < -0.4 is 5.43 Å². The van der Waals surface area contributed by atoms with E-state index < -0.39 is 0 Å². The molecule has 0 bridgehead atoms. The lowest BCUT2D eigenvalue weighted by Crippen LogP contribution is -2.20. The van der Waals surface area contributed by atoms with Crippen LogP contribution in [-0.2, 0) is 4.79 Å². The SMILES string of the molecule is C=CCCC(=O)NN=C(c1ccccc1)c1ccccc1. The predicted octanol–water partition coefficient (Wildman–Crippen LogP) is 3.52. The monoisotopic (exact) mass is 278 g/mol. The van der Waals surface area contributed by atoms with E-state index in [-0.39, 0.29) is 5.91 Å². The molecule has 0 spiro atoms. The molecule has 106 valence electrons. The number of nitrogens with one attached hydrogen (secondary N) is 1. The smallest absolute Gasteiger partial charge is 0.240 e. The first kappa shape index (κ1) is 14.7. The maximum atomic E-state index is 11.7. The van der Waals surface area contributed by atoms with Gasteiger partial charge in [-0.25, -0.2) is 5.43 Å². The van der Waals surface area contributed by atoms with E-state index in [1.165, 1.54) is 0 Å². The zero-order valence-electron chi connectivity index (χ0n) is 11.8. The summed E-state index contributed by atoms with van der Waals surface area (Å²) in [6.45, 7) is 3.61. The summed E-state index contributed by atoms with van der Waals surface area (Å²) in [5.74, 6) is -0.112. The Morgan fingerprint density at radius 1 is 1.00 bits per heavy atom. The highest BCUT2D eigenvalue weighted by Crippen LogP contribution is 2.10. The summed E-state index contributed by atoms with van der Waals surface area (Å²) >= 11 is 0. The van der Waals surface area contributed by atoms with Crippen LogP contribution in [0.5, 0.6) is 0 Å². The van der Waals surface area contributed by atoms with Crippen molar-refractivity contribution in [2.75, 3.05) is 0 Å². The largest absolute Gasteiger partial charge is 0.273 e. The quantitative estimate of drug-likeness (QED) is 0.490. The summed E-state index contributed by atoms with van der Waals surface area (Å²) in [6, 6.07) is 19.6. The number of hydrogen-bond donors (Lipinski definition) is 1. The van der Waals surface area contributed by atoms with Gasteiger partial charge in [0.15, 0.2) is 0 Å². The Kier molecular flexibility index (Phi) is 5.47. The lowest BCUT2D eigenvalue weighted by Gasteiger charge is -2.07. The first-order valence-corrected chi connectivity index (χ1v) is 6.89. The van der Waals surface area contributed by atoms with Gasteiger partial charge in [-0.05, 0) is 6.42 Å². The topological polar surface area (TPSA) is 41.5 Å². The van der Waals surface area contributed by atoms with Gasteiger partial charge in [0.05, 0.1) is 5.71 Å². The van der Waals surface area contributed by atoms with Crippen molar-refractivity contribution in [3.8, 4) is 0 Å². The fourth-order valence-electron chi connectivity index (χ4n) is 1.90. The molecule has 0 aromatic heterocycles. The molecule has 0 atom stereocenters. The summed E-state index contributed by atoms with van der Waals surface area (Å²) in [7, 11) is 0. The van der Waals surface area contributed by atoms with E-state index in [4.69, 9.17) is 0 Å². The highest BCUT2D eigenvalue weighted by Gasteiger charge is 2.07. The number of nitrogens with zero attached hydrogens (tertiary/aromatic N) is 1. The third-order valence-corrected chi connectivity index (χ3v) is 2.96. The van der Waals surface area contributed by atoms with Crippen molar-refractivity contribution in [3.63, 3.8) is 0 Å². The molecule has 0 saturated heterocycles. The van der Waals surface area contributed by atoms with Gasteiger partial charge in [-0.3, -0.25) is 4.79 Å². The van der Waals surface area contributed by atoms with Gasteiger partial charge in [0.2, 0.25) is 5.91 Å². The molecule has 0 aliphatic carbocycles. The molecular weight excluding hydrogens is 260 g/mol. The Morgan fingerprint density at radius 3 is 2.00 bits per heavy atom. The second-order valence-corrected chi connectivity index (χ2v) is 4.55. The summed E-state index contributed by atoms with van der Waals surface area (Å²) in [6.07, 6.45) is 2.76. The molecule has 0 unspecified atom stereocenters. The van der Waals surface area contributed by atoms with E-state index in [2.05, 4.69) is 17.1 Å². The molecule has 2 aromatic carbocycles. The Hall–Kier alpha value is -2.68. The first-order valence-electron chi connectivity index (χ1n) is 6.89. The second kappa shape index (κ2) is 7.80. The molecule has 1 N–H and O–H groups in total. The molecule has 2 aromatic rings. The standard InChI is InChI=1S/C18H18N2O/c1-2-3-14-17(21)19-20-18(15-10-6-4-7-11-15)16-12-8-5-9-13-16/h2,4-13H,1,3,14H2,(H,19,21). The lowest BCUT2D eigenvalue weighted by atomic mass is 10.0. The van der Waals surface area contributed by atoms with Crippen molar-refractivity contribution < 1.29 is 4.79 Å². The fraction of sp³-hybridized carbons (Fsp3) is 0.111. The molecule has 0 saturated carbocycles. The van der Waals surface area contributed by atoms with Gasteiger partial charge in [-0.15, -0.1) is 6.58 Å². The summed E-state index contributed by atoms with van der Waals surface area (Å²) in [4.78, 5) is 11.7. The van der Waals surface area contributed by atoms with Gasteiger partial charge < -0.3 is 0 Å². The molecule has 0 aliphatic heterocycles. The minimum atomic E-state index is -0.112. The molecule has 0 aliphatic rings. The normalized spacial score (nSPS) is 9.71. The molecule has 0 fully saturated rings. The van der Waals surface area contributed by atoms with Crippen molar-refractivity contribution in [1.82, 2.24) is 5.43 Å². The zero-order valence-corrected chi connectivity index (χ0v) is 11.8. The van der Waals surface area contributed by atoms with E-state index in [1.807, 2.05) is 60.7 Å². The molecule has 2 rings (SSSR count). The van der Waals surface area contributed by atoms with Crippen molar-refractivity contribution in [2.24, 2.45) is 5.10 Å². The van der Waals surface area contributed by atoms with Gasteiger partial charge in [0, 0.05) is 17.5 Å². The molecule has 3 nitrogen and oxygen atoms in total. The van der Waals surface area contributed by atoms with E-state index in [1.54, 1.807) is 6.08 Å². The van der Waals surface area contributed by atoms with Crippen LogP contribution in [0.2, 0.25) is 0 Å². The van der Waals surface area contributed by atoms with Crippen molar-refractivity contribution in [2.45, 2.75) is 12.8 Å². The van der Waals surface area contributed by atoms with Crippen molar-refractivity contribution in [3.05, 3.63) is 84.4 Å². The number of carbonyl (C=O) groups excluding carboxylic acids is 1. The number of amides is 1. The van der Waals surface area contributed by atoms with Gasteiger partial charge >= 0.3 is 0 Å². The molecule has 1 amide bonds. The van der Waals surface area contributed by atoms with Crippen LogP contribution in [0.4, 0.5) is 0 Å². The van der Waals surface area contributed by atoms with Crippen LogP contribution >= 0.6 is 0 Å².